The molecular formula is C32H41F3N6O5S. The van der Waals surface area contributed by atoms with E-state index >= 15 is 13.2 Å². The van der Waals surface area contributed by atoms with Crippen molar-refractivity contribution in [2.24, 2.45) is 5.92 Å². The number of unbranched alkanes of at least 4 members (excludes halogenated alkanes) is 1. The summed E-state index contributed by atoms with van der Waals surface area (Å²) in [5, 5.41) is 6.66. The molecule has 2 aromatic heterocycles. The van der Waals surface area contributed by atoms with E-state index in [1.165, 1.54) is 23.0 Å². The van der Waals surface area contributed by atoms with Crippen molar-refractivity contribution in [3.8, 4) is 0 Å². The molecular weight excluding hydrogens is 637 g/mol. The zero-order valence-electron chi connectivity index (χ0n) is 26.4. The summed E-state index contributed by atoms with van der Waals surface area (Å²) in [5.41, 5.74) is -0.355. The predicted octanol–water partition coefficient (Wildman–Crippen LogP) is 3.82. The Bertz CT molecular complexity index is 1720. The van der Waals surface area contributed by atoms with Crippen molar-refractivity contribution in [3.05, 3.63) is 57.9 Å². The summed E-state index contributed by atoms with van der Waals surface area (Å²) >= 11 is 0. The number of anilines is 2. The molecule has 0 spiro atoms. The number of pyridine rings is 1. The summed E-state index contributed by atoms with van der Waals surface area (Å²) in [6.45, 7) is 3.81. The maximum absolute atomic E-state index is 15.8. The molecule has 11 nitrogen and oxygen atoms in total. The number of carbonyl (C=O) groups is 1. The standard InChI is InChI=1S/C32H41F3N6O5S/c1-22(24-6-4-7-26(28(24)33)32(34,35)23-8-10-36-11-9-23)39-29-25-20-27(40-13-18-47(44,45)19-14-40)31(43)41(30(25)38-21-37-29)12-5-17-46-16-3-2-15-42/h4,6-7,15,20-23,36H,2-3,5,8-14,16-19H2,1H3,(H,37,38,39). The van der Waals surface area contributed by atoms with Crippen LogP contribution in [0.2, 0.25) is 0 Å². The Kier molecular flexibility index (Phi) is 11.2. The molecule has 2 N–H and O–H groups in total. The van der Waals surface area contributed by atoms with Gasteiger partial charge in [0, 0.05) is 50.8 Å². The van der Waals surface area contributed by atoms with Gasteiger partial charge in [-0.05, 0) is 51.8 Å². The number of hydrogen-bond acceptors (Lipinski definition) is 10. The molecule has 0 bridgehead atoms. The molecule has 4 heterocycles. The number of rotatable bonds is 14. The Hall–Kier alpha value is -3.56. The van der Waals surface area contributed by atoms with E-state index in [1.54, 1.807) is 17.9 Å². The number of halogens is 3. The second kappa shape index (κ2) is 15.1. The fourth-order valence-electron chi connectivity index (χ4n) is 6.19. The van der Waals surface area contributed by atoms with E-state index in [9.17, 15) is 18.0 Å². The van der Waals surface area contributed by atoms with Crippen molar-refractivity contribution in [1.82, 2.24) is 19.9 Å². The minimum absolute atomic E-state index is 0.0457. The smallest absolute Gasteiger partial charge is 0.278 e. The molecule has 0 amide bonds. The number of aromatic nitrogens is 3. The molecule has 2 fully saturated rings. The lowest BCUT2D eigenvalue weighted by atomic mass is 9.86. The SMILES string of the molecule is CC(Nc1ncnc2c1cc(N1CCS(=O)(=O)CC1)c(=O)n2CCCOCCCC=O)c1cccc(C(F)(F)C2CCNCC2)c1F. The Labute approximate surface area is 271 Å². The van der Waals surface area contributed by atoms with Gasteiger partial charge in [-0.3, -0.25) is 9.36 Å². The van der Waals surface area contributed by atoms with E-state index in [1.807, 2.05) is 0 Å². The maximum Gasteiger partial charge on any atom is 0.278 e. The van der Waals surface area contributed by atoms with E-state index in [0.717, 1.165) is 12.4 Å². The zero-order chi connectivity index (χ0) is 33.6. The quantitative estimate of drug-likeness (QED) is 0.191. The molecule has 0 radical (unpaired) electrons. The highest BCUT2D eigenvalue weighted by Crippen LogP contribution is 2.43. The number of alkyl halides is 2. The Balaban J connectivity index is 1.46. The molecule has 2 aliphatic heterocycles. The molecule has 1 aromatic carbocycles. The van der Waals surface area contributed by atoms with Crippen molar-refractivity contribution in [3.63, 3.8) is 0 Å². The number of benzene rings is 1. The lowest BCUT2D eigenvalue weighted by Crippen LogP contribution is -2.43. The van der Waals surface area contributed by atoms with Gasteiger partial charge < -0.3 is 25.1 Å². The molecule has 47 heavy (non-hydrogen) atoms. The molecule has 2 aliphatic rings. The molecule has 5 rings (SSSR count). The van der Waals surface area contributed by atoms with Crippen LogP contribution in [-0.4, -0.2) is 80.1 Å². The second-order valence-corrected chi connectivity index (χ2v) is 14.4. The molecule has 0 aliphatic carbocycles. The second-order valence-electron chi connectivity index (χ2n) is 12.1. The van der Waals surface area contributed by atoms with Crippen LogP contribution in [0.4, 0.5) is 24.7 Å². The molecule has 15 heteroatoms. The van der Waals surface area contributed by atoms with Crippen LogP contribution in [0, 0.1) is 11.7 Å². The zero-order valence-corrected chi connectivity index (χ0v) is 27.2. The summed E-state index contributed by atoms with van der Waals surface area (Å²) in [6, 6.07) is 4.85. The number of piperidine rings is 1. The van der Waals surface area contributed by atoms with Crippen molar-refractivity contribution in [2.75, 3.05) is 61.1 Å². The van der Waals surface area contributed by atoms with Gasteiger partial charge in [0.05, 0.1) is 28.5 Å². The van der Waals surface area contributed by atoms with Gasteiger partial charge in [0.1, 0.15) is 35.6 Å². The largest absolute Gasteiger partial charge is 0.381 e. The topological polar surface area (TPSA) is 136 Å². The van der Waals surface area contributed by atoms with Crippen LogP contribution in [0.15, 0.2) is 35.4 Å². The first kappa shape index (κ1) is 34.8. The highest BCUT2D eigenvalue weighted by molar-refractivity contribution is 7.91. The molecule has 1 atom stereocenters. The number of nitrogens with zero attached hydrogens (tertiary/aromatic N) is 4. The number of nitrogens with one attached hydrogen (secondary N) is 2. The van der Waals surface area contributed by atoms with Gasteiger partial charge in [0.25, 0.3) is 11.5 Å². The first-order chi connectivity index (χ1) is 22.5. The number of aldehydes is 1. The van der Waals surface area contributed by atoms with Crippen LogP contribution in [0.5, 0.6) is 0 Å². The first-order valence-corrected chi connectivity index (χ1v) is 17.8. The summed E-state index contributed by atoms with van der Waals surface area (Å²) < 4.78 is 78.2. The fraction of sp³-hybridized carbons (Fsp3) is 0.562. The normalized spacial score (nSPS) is 17.9. The number of sulfone groups is 1. The summed E-state index contributed by atoms with van der Waals surface area (Å²) in [6.07, 6.45) is 4.05. The number of ether oxygens (including phenoxy) is 1. The van der Waals surface area contributed by atoms with Crippen molar-refractivity contribution in [1.29, 1.82) is 0 Å². The lowest BCUT2D eigenvalue weighted by Gasteiger charge is -2.31. The minimum atomic E-state index is -3.34. The average Bonchev–Trinajstić information content (AvgIpc) is 3.05. The number of aryl methyl sites for hydroxylation is 1. The van der Waals surface area contributed by atoms with Crippen LogP contribution in [0.25, 0.3) is 11.0 Å². The van der Waals surface area contributed by atoms with Crippen molar-refractivity contribution in [2.45, 2.75) is 57.5 Å². The van der Waals surface area contributed by atoms with Crippen molar-refractivity contribution >= 4 is 38.7 Å². The fourth-order valence-corrected chi connectivity index (χ4v) is 7.40. The van der Waals surface area contributed by atoms with E-state index in [4.69, 9.17) is 4.74 Å². The maximum atomic E-state index is 15.8. The van der Waals surface area contributed by atoms with Gasteiger partial charge in [-0.2, -0.15) is 0 Å². The highest BCUT2D eigenvalue weighted by atomic mass is 32.2. The van der Waals surface area contributed by atoms with E-state index in [0.29, 0.717) is 56.6 Å². The first-order valence-electron chi connectivity index (χ1n) is 16.0. The number of hydrogen-bond donors (Lipinski definition) is 2. The van der Waals surface area contributed by atoms with E-state index in [-0.39, 0.29) is 66.6 Å². The van der Waals surface area contributed by atoms with E-state index < -0.39 is 39.1 Å². The van der Waals surface area contributed by atoms with Crippen LogP contribution in [-0.2, 0) is 31.8 Å². The lowest BCUT2D eigenvalue weighted by molar-refractivity contribution is -0.108. The molecule has 2 saturated heterocycles. The number of carbonyl (C=O) groups excluding carboxylic acids is 1. The third kappa shape index (κ3) is 7.95. The van der Waals surface area contributed by atoms with Crippen LogP contribution in [0.3, 0.4) is 0 Å². The average molecular weight is 679 g/mol. The van der Waals surface area contributed by atoms with Gasteiger partial charge in [0.2, 0.25) is 0 Å². The van der Waals surface area contributed by atoms with Gasteiger partial charge >= 0.3 is 0 Å². The summed E-state index contributed by atoms with van der Waals surface area (Å²) in [5.74, 6) is -5.20. The minimum Gasteiger partial charge on any atom is -0.381 e. The Morgan fingerprint density at radius 3 is 2.60 bits per heavy atom. The molecule has 3 aromatic rings. The monoisotopic (exact) mass is 678 g/mol. The molecule has 0 saturated carbocycles. The van der Waals surface area contributed by atoms with Gasteiger partial charge in [-0.1, -0.05) is 18.2 Å². The van der Waals surface area contributed by atoms with Gasteiger partial charge in [0.15, 0.2) is 9.84 Å². The van der Waals surface area contributed by atoms with Gasteiger partial charge in [-0.25, -0.2) is 31.6 Å². The van der Waals surface area contributed by atoms with Gasteiger partial charge in [-0.15, -0.1) is 0 Å². The predicted molar refractivity (Wildman–Crippen MR) is 173 cm³/mol. The van der Waals surface area contributed by atoms with Crippen molar-refractivity contribution < 1.29 is 31.1 Å². The highest BCUT2D eigenvalue weighted by Gasteiger charge is 2.44. The van der Waals surface area contributed by atoms with Crippen LogP contribution in [0.1, 0.15) is 56.2 Å². The Morgan fingerprint density at radius 2 is 1.87 bits per heavy atom. The van der Waals surface area contributed by atoms with E-state index in [2.05, 4.69) is 20.6 Å². The van der Waals surface area contributed by atoms with Crippen LogP contribution < -0.4 is 21.1 Å². The Morgan fingerprint density at radius 1 is 1.15 bits per heavy atom. The summed E-state index contributed by atoms with van der Waals surface area (Å²) in [7, 11) is -3.21. The third-order valence-electron chi connectivity index (χ3n) is 8.89. The molecule has 1 unspecified atom stereocenters. The summed E-state index contributed by atoms with van der Waals surface area (Å²) in [4.78, 5) is 34.8. The van der Waals surface area contributed by atoms with Crippen LogP contribution >= 0.6 is 0 Å². The molecule has 256 valence electrons. The number of fused-ring (bicyclic) bond motifs is 1. The third-order valence-corrected chi connectivity index (χ3v) is 10.5.